The molecule has 4 rings (SSSR count). The van der Waals surface area contributed by atoms with Gasteiger partial charge in [-0.15, -0.1) is 0 Å². The van der Waals surface area contributed by atoms with Crippen LogP contribution in [0.3, 0.4) is 0 Å². The van der Waals surface area contributed by atoms with Crippen molar-refractivity contribution in [2.75, 3.05) is 6.54 Å². The maximum Gasteiger partial charge on any atom is 0.170 e. The Morgan fingerprint density at radius 2 is 2.00 bits per heavy atom. The molecule has 0 amide bonds. The van der Waals surface area contributed by atoms with Crippen LogP contribution in [0.1, 0.15) is 36.0 Å². The molecule has 0 radical (unpaired) electrons. The topological polar surface area (TPSA) is 33.1 Å². The van der Waals surface area contributed by atoms with E-state index < -0.39 is 0 Å². The van der Waals surface area contributed by atoms with Crippen molar-refractivity contribution in [3.8, 4) is 5.69 Å². The molecule has 0 bridgehead atoms. The number of pyridine rings is 1. The number of benzene rings is 1. The highest BCUT2D eigenvalue weighted by Crippen LogP contribution is 2.39. The van der Waals surface area contributed by atoms with Crippen LogP contribution in [0, 0.1) is 6.92 Å². The summed E-state index contributed by atoms with van der Waals surface area (Å²) >= 11 is 5.63. The zero-order valence-corrected chi connectivity index (χ0v) is 15.8. The Hall–Kier alpha value is -2.66. The van der Waals surface area contributed by atoms with Crippen LogP contribution in [0.2, 0.25) is 0 Å². The van der Waals surface area contributed by atoms with Gasteiger partial charge in [0.15, 0.2) is 5.11 Å². The minimum absolute atomic E-state index is 0.0297. The van der Waals surface area contributed by atoms with Gasteiger partial charge in [0.25, 0.3) is 0 Å². The van der Waals surface area contributed by atoms with Gasteiger partial charge in [0.05, 0.1) is 17.8 Å². The van der Waals surface area contributed by atoms with Crippen LogP contribution in [-0.2, 0) is 0 Å². The molecule has 3 heterocycles. The third kappa shape index (κ3) is 2.88. The Morgan fingerprint density at radius 3 is 2.73 bits per heavy atom. The highest BCUT2D eigenvalue weighted by molar-refractivity contribution is 7.80. The lowest BCUT2D eigenvalue weighted by molar-refractivity contribution is 0.321. The first-order chi connectivity index (χ1) is 12.7. The summed E-state index contributed by atoms with van der Waals surface area (Å²) in [6.45, 7) is 5.11. The molecule has 1 aliphatic rings. The summed E-state index contributed by atoms with van der Waals surface area (Å²) in [6.07, 6.45) is 3.96. The normalized spacial score (nSPS) is 19.6. The summed E-state index contributed by atoms with van der Waals surface area (Å²) in [5, 5.41) is 4.26. The lowest BCUT2D eigenvalue weighted by Crippen LogP contribution is -2.30. The van der Waals surface area contributed by atoms with Gasteiger partial charge in [-0.2, -0.15) is 0 Å². The summed E-state index contributed by atoms with van der Waals surface area (Å²) in [6, 6.07) is 19.0. The van der Waals surface area contributed by atoms with Gasteiger partial charge in [-0.25, -0.2) is 0 Å². The molecule has 0 spiro atoms. The minimum atomic E-state index is 0.0297. The second-order valence-corrected chi connectivity index (χ2v) is 6.94. The first-order valence-electron chi connectivity index (χ1n) is 8.91. The zero-order valence-electron chi connectivity index (χ0n) is 15.0. The lowest BCUT2D eigenvalue weighted by Gasteiger charge is -2.28. The summed E-state index contributed by atoms with van der Waals surface area (Å²) in [5.74, 6) is 0. The Bertz CT molecular complexity index is 919. The van der Waals surface area contributed by atoms with Gasteiger partial charge < -0.3 is 14.8 Å². The minimum Gasteiger partial charge on any atom is -0.352 e. The highest BCUT2D eigenvalue weighted by atomic mass is 32.1. The molecule has 1 aliphatic heterocycles. The third-order valence-corrected chi connectivity index (χ3v) is 5.25. The van der Waals surface area contributed by atoms with Crippen molar-refractivity contribution in [1.82, 2.24) is 19.8 Å². The number of rotatable bonds is 4. The smallest absolute Gasteiger partial charge is 0.170 e. The van der Waals surface area contributed by atoms with Crippen molar-refractivity contribution in [2.24, 2.45) is 0 Å². The van der Waals surface area contributed by atoms with Crippen molar-refractivity contribution in [3.05, 3.63) is 83.9 Å². The molecule has 5 heteroatoms. The van der Waals surface area contributed by atoms with E-state index >= 15 is 0 Å². The molecule has 26 heavy (non-hydrogen) atoms. The molecule has 2 aromatic heterocycles. The first kappa shape index (κ1) is 16.8. The third-order valence-electron chi connectivity index (χ3n) is 4.90. The molecule has 0 aliphatic carbocycles. The van der Waals surface area contributed by atoms with Gasteiger partial charge in [0.2, 0.25) is 0 Å². The van der Waals surface area contributed by atoms with E-state index in [2.05, 4.69) is 82.3 Å². The van der Waals surface area contributed by atoms with E-state index in [1.807, 2.05) is 18.3 Å². The number of likely N-dealkylation sites (N-methyl/N-ethyl adjacent to an activating group) is 1. The highest BCUT2D eigenvalue weighted by Gasteiger charge is 2.40. The van der Waals surface area contributed by atoms with Gasteiger partial charge in [0, 0.05) is 30.3 Å². The van der Waals surface area contributed by atoms with Crippen molar-refractivity contribution >= 4 is 17.3 Å². The van der Waals surface area contributed by atoms with E-state index in [1.54, 1.807) is 0 Å². The molecule has 132 valence electrons. The van der Waals surface area contributed by atoms with E-state index in [0.717, 1.165) is 17.4 Å². The molecule has 0 saturated carbocycles. The number of nitrogens with one attached hydrogen (secondary N) is 1. The van der Waals surface area contributed by atoms with E-state index in [0.29, 0.717) is 0 Å². The van der Waals surface area contributed by atoms with Gasteiger partial charge in [0.1, 0.15) is 0 Å². The fourth-order valence-corrected chi connectivity index (χ4v) is 4.09. The fourth-order valence-electron chi connectivity index (χ4n) is 3.72. The molecule has 3 aromatic rings. The van der Waals surface area contributed by atoms with Crippen molar-refractivity contribution in [2.45, 2.75) is 25.9 Å². The predicted octanol–water partition coefficient (Wildman–Crippen LogP) is 4.17. The maximum atomic E-state index is 5.63. The molecular weight excluding hydrogens is 340 g/mol. The number of aryl methyl sites for hydroxylation is 1. The largest absolute Gasteiger partial charge is 0.352 e. The average molecular weight is 363 g/mol. The number of nitrogens with zero attached hydrogens (tertiary/aromatic N) is 3. The average Bonchev–Trinajstić information content (AvgIpc) is 3.26. The molecular formula is C21H22N4S. The van der Waals surface area contributed by atoms with Gasteiger partial charge in [-0.3, -0.25) is 4.98 Å². The Kier molecular flexibility index (Phi) is 4.47. The Balaban J connectivity index is 1.82. The van der Waals surface area contributed by atoms with E-state index in [-0.39, 0.29) is 12.1 Å². The molecule has 1 fully saturated rings. The Morgan fingerprint density at radius 1 is 1.12 bits per heavy atom. The van der Waals surface area contributed by atoms with Crippen LogP contribution in [0.4, 0.5) is 0 Å². The van der Waals surface area contributed by atoms with Crippen LogP contribution in [-0.4, -0.2) is 26.1 Å². The Labute approximate surface area is 159 Å². The quantitative estimate of drug-likeness (QED) is 0.706. The number of hydrogen-bond acceptors (Lipinski definition) is 2. The first-order valence-corrected chi connectivity index (χ1v) is 9.32. The lowest BCUT2D eigenvalue weighted by atomic mass is 10.0. The summed E-state index contributed by atoms with van der Waals surface area (Å²) in [7, 11) is 0. The van der Waals surface area contributed by atoms with Crippen molar-refractivity contribution in [3.63, 3.8) is 0 Å². The summed E-state index contributed by atoms with van der Waals surface area (Å²) < 4.78 is 2.26. The SMILES string of the molecule is CCN1C(=S)NC(c2ccccn2)C1c1cccn1-c1cccc(C)c1. The summed E-state index contributed by atoms with van der Waals surface area (Å²) in [4.78, 5) is 6.83. The predicted molar refractivity (Wildman–Crippen MR) is 108 cm³/mol. The van der Waals surface area contributed by atoms with E-state index in [9.17, 15) is 0 Å². The van der Waals surface area contributed by atoms with Gasteiger partial charge >= 0.3 is 0 Å². The van der Waals surface area contributed by atoms with Gasteiger partial charge in [-0.05, 0) is 68.0 Å². The van der Waals surface area contributed by atoms with Crippen molar-refractivity contribution in [1.29, 1.82) is 0 Å². The zero-order chi connectivity index (χ0) is 18.1. The van der Waals surface area contributed by atoms with Gasteiger partial charge in [-0.1, -0.05) is 18.2 Å². The van der Waals surface area contributed by atoms with Crippen LogP contribution >= 0.6 is 12.2 Å². The van der Waals surface area contributed by atoms with Crippen LogP contribution in [0.15, 0.2) is 67.0 Å². The van der Waals surface area contributed by atoms with E-state index in [4.69, 9.17) is 12.2 Å². The molecule has 1 N–H and O–H groups in total. The second kappa shape index (κ2) is 6.92. The molecule has 4 nitrogen and oxygen atoms in total. The van der Waals surface area contributed by atoms with E-state index in [1.165, 1.54) is 16.9 Å². The molecule has 1 aromatic carbocycles. The molecule has 2 atom stereocenters. The molecule has 2 unspecified atom stereocenters. The maximum absolute atomic E-state index is 5.63. The second-order valence-electron chi connectivity index (χ2n) is 6.55. The summed E-state index contributed by atoms with van der Waals surface area (Å²) in [5.41, 5.74) is 4.63. The van der Waals surface area contributed by atoms with Crippen molar-refractivity contribution < 1.29 is 0 Å². The van der Waals surface area contributed by atoms with Crippen LogP contribution < -0.4 is 5.32 Å². The number of thiocarbonyl (C=S) groups is 1. The fraction of sp³-hybridized carbons (Fsp3) is 0.238. The van der Waals surface area contributed by atoms with Crippen LogP contribution in [0.25, 0.3) is 5.69 Å². The standard InChI is InChI=1S/C21H22N4S/c1-3-24-20(19(23-21(24)26)17-10-4-5-12-22-17)18-11-7-13-25(18)16-9-6-8-15(2)14-16/h4-14,19-20H,3H2,1-2H3,(H,23,26). The monoisotopic (exact) mass is 362 g/mol. The van der Waals surface area contributed by atoms with Crippen LogP contribution in [0.5, 0.6) is 0 Å². The molecule has 1 saturated heterocycles. The number of hydrogen-bond donors (Lipinski definition) is 1. The number of aromatic nitrogens is 2.